The third-order valence-corrected chi connectivity index (χ3v) is 6.52. The SMILES string of the molecule is COC(=O)c1c(Nc2nc3ccc(OC)cc3s2)sc2c1CCN(C)C2. The highest BCUT2D eigenvalue weighted by Gasteiger charge is 2.28. The van der Waals surface area contributed by atoms with Gasteiger partial charge in [0, 0.05) is 18.0 Å². The molecule has 0 unspecified atom stereocenters. The van der Waals surface area contributed by atoms with Crippen molar-refractivity contribution < 1.29 is 14.3 Å². The average molecular weight is 390 g/mol. The fraction of sp³-hybridized carbons (Fsp3) is 0.333. The van der Waals surface area contributed by atoms with Crippen molar-refractivity contribution in [3.63, 3.8) is 0 Å². The fourth-order valence-electron chi connectivity index (χ4n) is 3.12. The van der Waals surface area contributed by atoms with Gasteiger partial charge in [0.25, 0.3) is 0 Å². The Balaban J connectivity index is 1.72. The molecule has 0 radical (unpaired) electrons. The van der Waals surface area contributed by atoms with Gasteiger partial charge < -0.3 is 19.7 Å². The van der Waals surface area contributed by atoms with E-state index in [0.717, 1.165) is 51.2 Å². The van der Waals surface area contributed by atoms with Crippen LogP contribution in [-0.2, 0) is 17.7 Å². The first-order valence-corrected chi connectivity index (χ1v) is 9.85. The van der Waals surface area contributed by atoms with E-state index in [4.69, 9.17) is 9.47 Å². The number of hydrogen-bond donors (Lipinski definition) is 1. The molecular weight excluding hydrogens is 370 g/mol. The minimum Gasteiger partial charge on any atom is -0.497 e. The Bertz CT molecular complexity index is 980. The Morgan fingerprint density at radius 2 is 2.15 bits per heavy atom. The number of benzene rings is 1. The lowest BCUT2D eigenvalue weighted by Gasteiger charge is -2.22. The van der Waals surface area contributed by atoms with E-state index in [1.54, 1.807) is 18.4 Å². The Labute approximate surface area is 159 Å². The van der Waals surface area contributed by atoms with E-state index in [2.05, 4.69) is 22.2 Å². The molecule has 0 amide bonds. The van der Waals surface area contributed by atoms with E-state index in [0.29, 0.717) is 5.56 Å². The van der Waals surface area contributed by atoms with Crippen LogP contribution in [0.3, 0.4) is 0 Å². The van der Waals surface area contributed by atoms with Gasteiger partial charge >= 0.3 is 5.97 Å². The molecule has 8 heteroatoms. The molecule has 1 aromatic carbocycles. The first-order chi connectivity index (χ1) is 12.6. The van der Waals surface area contributed by atoms with Crippen molar-refractivity contribution in [2.24, 2.45) is 0 Å². The number of carbonyl (C=O) groups is 1. The van der Waals surface area contributed by atoms with E-state index >= 15 is 0 Å². The summed E-state index contributed by atoms with van der Waals surface area (Å²) in [5, 5.41) is 4.92. The third-order valence-electron chi connectivity index (χ3n) is 4.45. The van der Waals surface area contributed by atoms with E-state index in [1.807, 2.05) is 18.2 Å². The number of nitrogens with zero attached hydrogens (tertiary/aromatic N) is 2. The molecule has 4 rings (SSSR count). The molecule has 136 valence electrons. The molecule has 0 saturated heterocycles. The summed E-state index contributed by atoms with van der Waals surface area (Å²) in [5.41, 5.74) is 2.65. The number of thiophene rings is 1. The van der Waals surface area contributed by atoms with Gasteiger partial charge in [0.1, 0.15) is 10.8 Å². The van der Waals surface area contributed by atoms with Crippen molar-refractivity contribution in [3.8, 4) is 5.75 Å². The number of carbonyl (C=O) groups excluding carboxylic acids is 1. The van der Waals surface area contributed by atoms with Crippen LogP contribution in [-0.4, -0.2) is 43.7 Å². The Kier molecular flexibility index (Phi) is 4.56. The van der Waals surface area contributed by atoms with Gasteiger partial charge in [-0.05, 0) is 37.2 Å². The maximum Gasteiger partial charge on any atom is 0.341 e. The zero-order valence-corrected chi connectivity index (χ0v) is 16.4. The molecule has 0 fully saturated rings. The van der Waals surface area contributed by atoms with Gasteiger partial charge in [-0.2, -0.15) is 0 Å². The zero-order valence-electron chi connectivity index (χ0n) is 14.8. The first-order valence-electron chi connectivity index (χ1n) is 8.22. The molecule has 26 heavy (non-hydrogen) atoms. The van der Waals surface area contributed by atoms with E-state index in [-0.39, 0.29) is 5.97 Å². The van der Waals surface area contributed by atoms with Crippen molar-refractivity contribution in [3.05, 3.63) is 34.2 Å². The second-order valence-corrected chi connectivity index (χ2v) is 8.30. The number of rotatable bonds is 4. The van der Waals surface area contributed by atoms with Crippen molar-refractivity contribution in [2.75, 3.05) is 33.1 Å². The average Bonchev–Trinajstić information content (AvgIpc) is 3.20. The molecule has 0 atom stereocenters. The number of anilines is 2. The van der Waals surface area contributed by atoms with Gasteiger partial charge in [-0.15, -0.1) is 11.3 Å². The molecule has 3 heterocycles. The Morgan fingerprint density at radius 1 is 1.31 bits per heavy atom. The van der Waals surface area contributed by atoms with E-state index in [9.17, 15) is 4.79 Å². The van der Waals surface area contributed by atoms with Crippen LogP contribution in [0.25, 0.3) is 10.2 Å². The largest absolute Gasteiger partial charge is 0.497 e. The zero-order chi connectivity index (χ0) is 18.3. The lowest BCUT2D eigenvalue weighted by atomic mass is 10.0. The monoisotopic (exact) mass is 389 g/mol. The predicted molar refractivity (Wildman–Crippen MR) is 105 cm³/mol. The Morgan fingerprint density at radius 3 is 2.92 bits per heavy atom. The molecule has 0 spiro atoms. The van der Waals surface area contributed by atoms with Gasteiger partial charge in [-0.3, -0.25) is 0 Å². The maximum atomic E-state index is 12.4. The summed E-state index contributed by atoms with van der Waals surface area (Å²) in [4.78, 5) is 20.5. The highest BCUT2D eigenvalue weighted by molar-refractivity contribution is 7.23. The number of methoxy groups -OCH3 is 2. The predicted octanol–water partition coefficient (Wildman–Crippen LogP) is 3.88. The van der Waals surface area contributed by atoms with Gasteiger partial charge in [0.05, 0.1) is 30.0 Å². The van der Waals surface area contributed by atoms with Crippen molar-refractivity contribution in [1.29, 1.82) is 0 Å². The van der Waals surface area contributed by atoms with Gasteiger partial charge in [-0.25, -0.2) is 9.78 Å². The lowest BCUT2D eigenvalue weighted by molar-refractivity contribution is 0.0600. The van der Waals surface area contributed by atoms with Gasteiger partial charge in [0.15, 0.2) is 5.13 Å². The summed E-state index contributed by atoms with van der Waals surface area (Å²) in [6.45, 7) is 1.79. The summed E-state index contributed by atoms with van der Waals surface area (Å²) >= 11 is 3.15. The van der Waals surface area contributed by atoms with Crippen LogP contribution < -0.4 is 10.1 Å². The van der Waals surface area contributed by atoms with Crippen LogP contribution >= 0.6 is 22.7 Å². The molecule has 1 aliphatic heterocycles. The summed E-state index contributed by atoms with van der Waals surface area (Å²) in [6.07, 6.45) is 0.853. The van der Waals surface area contributed by atoms with Crippen molar-refractivity contribution in [1.82, 2.24) is 9.88 Å². The van der Waals surface area contributed by atoms with Crippen LogP contribution in [0.5, 0.6) is 5.75 Å². The van der Waals surface area contributed by atoms with Crippen LogP contribution in [0.2, 0.25) is 0 Å². The maximum absolute atomic E-state index is 12.4. The number of nitrogens with one attached hydrogen (secondary N) is 1. The number of fused-ring (bicyclic) bond motifs is 2. The Hall–Kier alpha value is -2.16. The number of aromatic nitrogens is 1. The van der Waals surface area contributed by atoms with Crippen molar-refractivity contribution >= 4 is 49.0 Å². The highest BCUT2D eigenvalue weighted by Crippen LogP contribution is 2.40. The third kappa shape index (κ3) is 3.04. The highest BCUT2D eigenvalue weighted by atomic mass is 32.1. The molecule has 0 bridgehead atoms. The van der Waals surface area contributed by atoms with Crippen LogP contribution in [0.4, 0.5) is 10.1 Å². The second kappa shape index (κ2) is 6.86. The quantitative estimate of drug-likeness (QED) is 0.683. The number of esters is 1. The fourth-order valence-corrected chi connectivity index (χ4v) is 5.40. The van der Waals surface area contributed by atoms with Crippen LogP contribution in [0.1, 0.15) is 20.8 Å². The summed E-state index contributed by atoms with van der Waals surface area (Å²) in [6, 6.07) is 5.80. The first kappa shape index (κ1) is 17.3. The summed E-state index contributed by atoms with van der Waals surface area (Å²) < 4.78 is 11.3. The molecular formula is C18H19N3O3S2. The van der Waals surface area contributed by atoms with Crippen molar-refractivity contribution in [2.45, 2.75) is 13.0 Å². The molecule has 0 aliphatic carbocycles. The normalized spacial score (nSPS) is 14.3. The van der Waals surface area contributed by atoms with Crippen LogP contribution in [0.15, 0.2) is 18.2 Å². The topological polar surface area (TPSA) is 63.7 Å². The smallest absolute Gasteiger partial charge is 0.341 e. The standard InChI is InChI=1S/C18H19N3O3S2/c1-21-7-6-11-14(9-21)25-16(15(11)17(22)24-3)20-18-19-12-5-4-10(23-2)8-13(12)26-18/h4-5,8H,6-7,9H2,1-3H3,(H,19,20). The number of thiazole rings is 1. The minimum absolute atomic E-state index is 0.294. The second-order valence-electron chi connectivity index (χ2n) is 6.16. The van der Waals surface area contributed by atoms with Crippen LogP contribution in [0, 0.1) is 0 Å². The molecule has 1 N–H and O–H groups in total. The van der Waals surface area contributed by atoms with E-state index in [1.165, 1.54) is 23.3 Å². The number of hydrogen-bond acceptors (Lipinski definition) is 8. The summed E-state index contributed by atoms with van der Waals surface area (Å²) in [5.74, 6) is 0.509. The molecule has 6 nitrogen and oxygen atoms in total. The van der Waals surface area contributed by atoms with Gasteiger partial charge in [-0.1, -0.05) is 11.3 Å². The van der Waals surface area contributed by atoms with E-state index < -0.39 is 0 Å². The molecule has 0 saturated carbocycles. The molecule has 3 aromatic rings. The molecule has 1 aliphatic rings. The number of ether oxygens (including phenoxy) is 2. The van der Waals surface area contributed by atoms with Gasteiger partial charge in [0.2, 0.25) is 0 Å². The summed E-state index contributed by atoms with van der Waals surface area (Å²) in [7, 11) is 5.17. The lowest BCUT2D eigenvalue weighted by Crippen LogP contribution is -2.26. The molecule has 2 aromatic heterocycles. The minimum atomic E-state index is -0.294. The number of likely N-dealkylation sites (N-methyl/N-ethyl adjacent to an activating group) is 1.